The molecule has 0 aliphatic heterocycles. The summed E-state index contributed by atoms with van der Waals surface area (Å²) in [4.78, 5) is 0. The Morgan fingerprint density at radius 1 is 1.33 bits per heavy atom. The van der Waals surface area contributed by atoms with Crippen LogP contribution in [0.4, 0.5) is 0 Å². The molecule has 0 amide bonds. The Kier molecular flexibility index (Phi) is 9.21. The maximum Gasteiger partial charge on any atom is 0.0471 e. The first-order chi connectivity index (χ1) is 5.81. The largest absolute Gasteiger partial charge is 0.385 e. The number of methoxy groups -OCH3 is 1. The minimum Gasteiger partial charge on any atom is -0.385 e. The number of ether oxygens (including phenoxy) is 1. The first-order valence-corrected chi connectivity index (χ1v) is 5.78. The molecule has 0 saturated heterocycles. The molecule has 0 radical (unpaired) electrons. The summed E-state index contributed by atoms with van der Waals surface area (Å²) >= 11 is 0. The molecule has 0 saturated carbocycles. The van der Waals surface area contributed by atoms with E-state index in [1.54, 1.807) is 7.11 Å². The minimum absolute atomic E-state index is 0.643. The summed E-state index contributed by atoms with van der Waals surface area (Å²) in [6.07, 6.45) is 1.90. The van der Waals surface area contributed by atoms with Gasteiger partial charge in [0.1, 0.15) is 0 Å². The summed E-state index contributed by atoms with van der Waals surface area (Å²) in [5, 5.41) is 3.03. The van der Waals surface area contributed by atoms with E-state index in [2.05, 4.69) is 5.32 Å². The van der Waals surface area contributed by atoms with Crippen molar-refractivity contribution >= 4 is 10.8 Å². The maximum atomic E-state index is 11.2. The van der Waals surface area contributed by atoms with Crippen LogP contribution in [0, 0.1) is 0 Å². The van der Waals surface area contributed by atoms with Gasteiger partial charge in [0.25, 0.3) is 0 Å². The highest BCUT2D eigenvalue weighted by Gasteiger charge is 1.98. The molecule has 1 atom stereocenters. The second kappa shape index (κ2) is 9.16. The highest BCUT2D eigenvalue weighted by molar-refractivity contribution is 7.84. The SMILES string of the molecule is CNCCCS(=O)CCCOC. The summed E-state index contributed by atoms with van der Waals surface area (Å²) in [5.41, 5.74) is 0. The van der Waals surface area contributed by atoms with E-state index in [9.17, 15) is 4.21 Å². The summed E-state index contributed by atoms with van der Waals surface area (Å²) in [6, 6.07) is 0. The summed E-state index contributed by atoms with van der Waals surface area (Å²) < 4.78 is 16.1. The molecule has 0 bridgehead atoms. The molecule has 0 fully saturated rings. The van der Waals surface area contributed by atoms with Crippen molar-refractivity contribution in [2.45, 2.75) is 12.8 Å². The van der Waals surface area contributed by atoms with Crippen LogP contribution in [0.5, 0.6) is 0 Å². The molecular formula is C8H19NO2S. The molecule has 74 valence electrons. The van der Waals surface area contributed by atoms with Gasteiger partial charge in [0.15, 0.2) is 0 Å². The third kappa shape index (κ3) is 8.17. The van der Waals surface area contributed by atoms with E-state index < -0.39 is 10.8 Å². The molecule has 0 rings (SSSR count). The average Bonchev–Trinajstić information content (AvgIpc) is 2.06. The molecule has 0 aromatic heterocycles. The molecule has 0 aromatic rings. The van der Waals surface area contributed by atoms with Crippen LogP contribution in [0.15, 0.2) is 0 Å². The average molecular weight is 193 g/mol. The number of nitrogens with one attached hydrogen (secondary N) is 1. The van der Waals surface area contributed by atoms with Gasteiger partial charge in [0, 0.05) is 36.0 Å². The topological polar surface area (TPSA) is 38.3 Å². The summed E-state index contributed by atoms with van der Waals surface area (Å²) in [5.74, 6) is 1.59. The number of hydrogen-bond donors (Lipinski definition) is 1. The Morgan fingerprint density at radius 2 is 2.00 bits per heavy atom. The van der Waals surface area contributed by atoms with Crippen LogP contribution in [-0.4, -0.2) is 43.0 Å². The fraction of sp³-hybridized carbons (Fsp3) is 1.00. The summed E-state index contributed by atoms with van der Waals surface area (Å²) in [7, 11) is 2.94. The molecule has 4 heteroatoms. The van der Waals surface area contributed by atoms with Crippen molar-refractivity contribution in [2.75, 3.05) is 38.8 Å². The van der Waals surface area contributed by atoms with Crippen LogP contribution >= 0.6 is 0 Å². The lowest BCUT2D eigenvalue weighted by atomic mass is 10.5. The molecule has 1 N–H and O–H groups in total. The molecule has 0 aromatic carbocycles. The van der Waals surface area contributed by atoms with Crippen molar-refractivity contribution in [1.82, 2.24) is 5.32 Å². The molecule has 12 heavy (non-hydrogen) atoms. The first kappa shape index (κ1) is 12.1. The van der Waals surface area contributed by atoms with Crippen molar-refractivity contribution in [3.63, 3.8) is 0 Å². The Labute approximate surface area is 77.3 Å². The highest BCUT2D eigenvalue weighted by atomic mass is 32.2. The van der Waals surface area contributed by atoms with Crippen molar-refractivity contribution in [3.8, 4) is 0 Å². The number of hydrogen-bond acceptors (Lipinski definition) is 3. The van der Waals surface area contributed by atoms with E-state index in [-0.39, 0.29) is 0 Å². The zero-order valence-electron chi connectivity index (χ0n) is 7.97. The van der Waals surface area contributed by atoms with Crippen LogP contribution in [-0.2, 0) is 15.5 Å². The minimum atomic E-state index is -0.643. The van der Waals surface area contributed by atoms with E-state index in [1.165, 1.54) is 0 Å². The quantitative estimate of drug-likeness (QED) is 0.566. The van der Waals surface area contributed by atoms with E-state index >= 15 is 0 Å². The first-order valence-electron chi connectivity index (χ1n) is 4.29. The Balaban J connectivity index is 3.10. The highest BCUT2D eigenvalue weighted by Crippen LogP contribution is 1.91. The van der Waals surface area contributed by atoms with Crippen LogP contribution < -0.4 is 5.32 Å². The molecule has 3 nitrogen and oxygen atoms in total. The van der Waals surface area contributed by atoms with Gasteiger partial charge < -0.3 is 10.1 Å². The zero-order valence-corrected chi connectivity index (χ0v) is 8.78. The lowest BCUT2D eigenvalue weighted by molar-refractivity contribution is 0.200. The number of rotatable bonds is 8. The lowest BCUT2D eigenvalue weighted by Crippen LogP contribution is -2.13. The second-order valence-electron chi connectivity index (χ2n) is 2.65. The molecule has 0 aliphatic carbocycles. The van der Waals surface area contributed by atoms with Crippen LogP contribution in [0.2, 0.25) is 0 Å². The zero-order chi connectivity index (χ0) is 9.23. The Bertz CT molecular complexity index is 108. The Hall–Kier alpha value is 0.0700. The van der Waals surface area contributed by atoms with Crippen molar-refractivity contribution < 1.29 is 8.95 Å². The fourth-order valence-electron chi connectivity index (χ4n) is 0.876. The second-order valence-corrected chi connectivity index (χ2v) is 4.35. The Morgan fingerprint density at radius 3 is 2.58 bits per heavy atom. The van der Waals surface area contributed by atoms with Gasteiger partial charge >= 0.3 is 0 Å². The van der Waals surface area contributed by atoms with Gasteiger partial charge in [0.05, 0.1) is 0 Å². The molecule has 0 spiro atoms. The summed E-state index contributed by atoms with van der Waals surface area (Å²) in [6.45, 7) is 1.67. The van der Waals surface area contributed by atoms with E-state index in [0.29, 0.717) is 0 Å². The normalized spacial score (nSPS) is 13.2. The van der Waals surface area contributed by atoms with Gasteiger partial charge in [-0.3, -0.25) is 4.21 Å². The van der Waals surface area contributed by atoms with Crippen molar-refractivity contribution in [1.29, 1.82) is 0 Å². The molecular weight excluding hydrogens is 174 g/mol. The van der Waals surface area contributed by atoms with E-state index in [0.717, 1.165) is 37.5 Å². The predicted molar refractivity (Wildman–Crippen MR) is 52.9 cm³/mol. The standard InChI is InChI=1S/C8H19NO2S/c1-9-5-3-7-12(10)8-4-6-11-2/h9H,3-8H2,1-2H3. The van der Waals surface area contributed by atoms with E-state index in [1.807, 2.05) is 7.05 Å². The van der Waals surface area contributed by atoms with E-state index in [4.69, 9.17) is 4.74 Å². The van der Waals surface area contributed by atoms with Crippen molar-refractivity contribution in [3.05, 3.63) is 0 Å². The molecule has 1 unspecified atom stereocenters. The lowest BCUT2D eigenvalue weighted by Gasteiger charge is -2.01. The van der Waals surface area contributed by atoms with Gasteiger partial charge in [-0.2, -0.15) is 0 Å². The van der Waals surface area contributed by atoms with Gasteiger partial charge in [-0.25, -0.2) is 0 Å². The van der Waals surface area contributed by atoms with Gasteiger partial charge in [-0.05, 0) is 26.4 Å². The predicted octanol–water partition coefficient (Wildman–Crippen LogP) is 0.381. The fourth-order valence-corrected chi connectivity index (χ4v) is 1.99. The van der Waals surface area contributed by atoms with Crippen LogP contribution in [0.1, 0.15) is 12.8 Å². The van der Waals surface area contributed by atoms with Crippen molar-refractivity contribution in [2.24, 2.45) is 0 Å². The van der Waals surface area contributed by atoms with Crippen LogP contribution in [0.25, 0.3) is 0 Å². The third-order valence-electron chi connectivity index (χ3n) is 1.52. The maximum absolute atomic E-state index is 11.2. The molecule has 0 heterocycles. The smallest absolute Gasteiger partial charge is 0.0471 e. The van der Waals surface area contributed by atoms with Gasteiger partial charge in [0.2, 0.25) is 0 Å². The third-order valence-corrected chi connectivity index (χ3v) is 3.01. The van der Waals surface area contributed by atoms with Gasteiger partial charge in [-0.1, -0.05) is 0 Å². The monoisotopic (exact) mass is 193 g/mol. The van der Waals surface area contributed by atoms with Crippen LogP contribution in [0.3, 0.4) is 0 Å². The molecule has 0 aliphatic rings. The van der Waals surface area contributed by atoms with Gasteiger partial charge in [-0.15, -0.1) is 0 Å².